The molecule has 1 unspecified atom stereocenters. The van der Waals surface area contributed by atoms with E-state index in [2.05, 4.69) is 4.74 Å². The SMILES string of the molecule is CC(O)(CN)c1ccccc1OC(F)F. The predicted molar refractivity (Wildman–Crippen MR) is 51.7 cm³/mol. The summed E-state index contributed by atoms with van der Waals surface area (Å²) in [6.45, 7) is -1.54. The fraction of sp³-hybridized carbons (Fsp3) is 0.400. The zero-order valence-electron chi connectivity index (χ0n) is 8.28. The second kappa shape index (κ2) is 4.55. The van der Waals surface area contributed by atoms with Gasteiger partial charge in [-0.15, -0.1) is 0 Å². The Balaban J connectivity index is 3.06. The van der Waals surface area contributed by atoms with Gasteiger partial charge >= 0.3 is 6.61 Å². The Kier molecular flexibility index (Phi) is 3.60. The number of hydrogen-bond acceptors (Lipinski definition) is 3. The summed E-state index contributed by atoms with van der Waals surface area (Å²) in [4.78, 5) is 0. The first-order chi connectivity index (χ1) is 6.97. The molecule has 15 heavy (non-hydrogen) atoms. The Hall–Kier alpha value is -1.20. The van der Waals surface area contributed by atoms with Gasteiger partial charge < -0.3 is 15.6 Å². The Bertz CT molecular complexity index is 329. The van der Waals surface area contributed by atoms with E-state index < -0.39 is 12.2 Å². The highest BCUT2D eigenvalue weighted by molar-refractivity contribution is 5.37. The summed E-state index contributed by atoms with van der Waals surface area (Å²) >= 11 is 0. The average molecular weight is 217 g/mol. The van der Waals surface area contributed by atoms with Crippen LogP contribution in [0, 0.1) is 0 Å². The van der Waals surface area contributed by atoms with Gasteiger partial charge in [0.1, 0.15) is 11.4 Å². The molecule has 0 saturated heterocycles. The number of nitrogens with two attached hydrogens (primary N) is 1. The molecule has 1 atom stereocenters. The molecule has 0 aliphatic heterocycles. The molecule has 0 aliphatic carbocycles. The lowest BCUT2D eigenvalue weighted by molar-refractivity contribution is -0.0534. The number of benzene rings is 1. The third-order valence-electron chi connectivity index (χ3n) is 2.08. The van der Waals surface area contributed by atoms with Crippen molar-refractivity contribution < 1.29 is 18.6 Å². The van der Waals surface area contributed by atoms with Crippen molar-refractivity contribution in [1.82, 2.24) is 0 Å². The lowest BCUT2D eigenvalue weighted by atomic mass is 9.95. The fourth-order valence-electron chi connectivity index (χ4n) is 1.22. The van der Waals surface area contributed by atoms with Gasteiger partial charge in [0, 0.05) is 12.1 Å². The van der Waals surface area contributed by atoms with Gasteiger partial charge in [0.25, 0.3) is 0 Å². The number of ether oxygens (including phenoxy) is 1. The summed E-state index contributed by atoms with van der Waals surface area (Å²) in [7, 11) is 0. The van der Waals surface area contributed by atoms with Crippen molar-refractivity contribution in [3.05, 3.63) is 29.8 Å². The first-order valence-corrected chi connectivity index (χ1v) is 4.44. The van der Waals surface area contributed by atoms with Crippen LogP contribution >= 0.6 is 0 Å². The quantitative estimate of drug-likeness (QED) is 0.802. The number of aliphatic hydroxyl groups is 1. The maximum atomic E-state index is 12.1. The van der Waals surface area contributed by atoms with Crippen LogP contribution in [0.5, 0.6) is 5.75 Å². The molecule has 0 fully saturated rings. The van der Waals surface area contributed by atoms with Crippen molar-refractivity contribution in [3.63, 3.8) is 0 Å². The van der Waals surface area contributed by atoms with E-state index in [1.807, 2.05) is 0 Å². The summed E-state index contributed by atoms with van der Waals surface area (Å²) in [5, 5.41) is 9.84. The van der Waals surface area contributed by atoms with Crippen molar-refractivity contribution >= 4 is 0 Å². The Morgan fingerprint density at radius 1 is 1.47 bits per heavy atom. The fourth-order valence-corrected chi connectivity index (χ4v) is 1.22. The van der Waals surface area contributed by atoms with Crippen LogP contribution < -0.4 is 10.5 Å². The lowest BCUT2D eigenvalue weighted by Crippen LogP contribution is -2.32. The third kappa shape index (κ3) is 2.87. The molecule has 84 valence electrons. The summed E-state index contributed by atoms with van der Waals surface area (Å²) in [6.07, 6.45) is 0. The molecule has 0 heterocycles. The second-order valence-electron chi connectivity index (χ2n) is 3.35. The van der Waals surface area contributed by atoms with E-state index in [4.69, 9.17) is 5.73 Å². The van der Waals surface area contributed by atoms with Crippen LogP contribution in [0.2, 0.25) is 0 Å². The predicted octanol–water partition coefficient (Wildman–Crippen LogP) is 1.45. The maximum Gasteiger partial charge on any atom is 0.387 e. The highest BCUT2D eigenvalue weighted by Gasteiger charge is 2.25. The van der Waals surface area contributed by atoms with Crippen LogP contribution in [0.4, 0.5) is 8.78 Å². The van der Waals surface area contributed by atoms with Crippen molar-refractivity contribution in [2.75, 3.05) is 6.54 Å². The number of alkyl halides is 2. The van der Waals surface area contributed by atoms with Crippen molar-refractivity contribution in [1.29, 1.82) is 0 Å². The molecule has 5 heteroatoms. The van der Waals surface area contributed by atoms with Crippen LogP contribution in [0.15, 0.2) is 24.3 Å². The van der Waals surface area contributed by atoms with Crippen LogP contribution in [-0.2, 0) is 5.60 Å². The summed E-state index contributed by atoms with van der Waals surface area (Å²) in [5.41, 5.74) is 4.23. The van der Waals surface area contributed by atoms with E-state index >= 15 is 0 Å². The van der Waals surface area contributed by atoms with Gasteiger partial charge in [-0.2, -0.15) is 8.78 Å². The van der Waals surface area contributed by atoms with Crippen LogP contribution in [0.3, 0.4) is 0 Å². The first kappa shape index (κ1) is 11.9. The molecule has 0 spiro atoms. The number of para-hydroxylation sites is 1. The van der Waals surface area contributed by atoms with Gasteiger partial charge in [-0.25, -0.2) is 0 Å². The molecule has 1 aromatic rings. The standard InChI is InChI=1S/C10H13F2NO2/c1-10(14,6-13)7-4-2-3-5-8(7)15-9(11)12/h2-5,9,14H,6,13H2,1H3. The van der Waals surface area contributed by atoms with Crippen LogP contribution in [0.1, 0.15) is 12.5 Å². The topological polar surface area (TPSA) is 55.5 Å². The zero-order chi connectivity index (χ0) is 11.5. The van der Waals surface area contributed by atoms with E-state index in [0.717, 1.165) is 0 Å². The van der Waals surface area contributed by atoms with Crippen molar-refractivity contribution in [2.45, 2.75) is 19.1 Å². The number of halogens is 2. The van der Waals surface area contributed by atoms with Crippen LogP contribution in [0.25, 0.3) is 0 Å². The monoisotopic (exact) mass is 217 g/mol. The lowest BCUT2D eigenvalue weighted by Gasteiger charge is -2.24. The molecule has 0 bridgehead atoms. The van der Waals surface area contributed by atoms with Gasteiger partial charge in [-0.1, -0.05) is 18.2 Å². The van der Waals surface area contributed by atoms with Gasteiger partial charge in [0.05, 0.1) is 0 Å². The molecule has 0 aliphatic rings. The highest BCUT2D eigenvalue weighted by Crippen LogP contribution is 2.29. The molecule has 0 amide bonds. The summed E-state index contributed by atoms with van der Waals surface area (Å²) in [6, 6.07) is 6.04. The minimum Gasteiger partial charge on any atom is -0.434 e. The number of hydrogen-bond donors (Lipinski definition) is 2. The van der Waals surface area contributed by atoms with Gasteiger partial charge in [0.15, 0.2) is 0 Å². The maximum absolute atomic E-state index is 12.1. The molecule has 1 aromatic carbocycles. The molecule has 0 saturated carbocycles. The normalized spacial score (nSPS) is 15.1. The Morgan fingerprint density at radius 2 is 2.07 bits per heavy atom. The Morgan fingerprint density at radius 3 is 2.60 bits per heavy atom. The first-order valence-electron chi connectivity index (χ1n) is 4.44. The average Bonchev–Trinajstić information content (AvgIpc) is 2.17. The van der Waals surface area contributed by atoms with Crippen LogP contribution in [-0.4, -0.2) is 18.3 Å². The molecule has 3 N–H and O–H groups in total. The second-order valence-corrected chi connectivity index (χ2v) is 3.35. The zero-order valence-corrected chi connectivity index (χ0v) is 8.28. The molecule has 0 aromatic heterocycles. The van der Waals surface area contributed by atoms with Crippen molar-refractivity contribution in [3.8, 4) is 5.75 Å². The van der Waals surface area contributed by atoms with Crippen molar-refractivity contribution in [2.24, 2.45) is 5.73 Å². The smallest absolute Gasteiger partial charge is 0.387 e. The molecular formula is C10H13F2NO2. The summed E-state index contributed by atoms with van der Waals surface area (Å²) < 4.78 is 28.4. The minimum atomic E-state index is -2.92. The van der Waals surface area contributed by atoms with E-state index in [0.29, 0.717) is 0 Å². The van der Waals surface area contributed by atoms with Gasteiger partial charge in [0.2, 0.25) is 0 Å². The number of rotatable bonds is 4. The van der Waals surface area contributed by atoms with E-state index in [-0.39, 0.29) is 17.9 Å². The molecule has 1 rings (SSSR count). The molecule has 3 nitrogen and oxygen atoms in total. The third-order valence-corrected chi connectivity index (χ3v) is 2.08. The van der Waals surface area contributed by atoms with E-state index in [1.54, 1.807) is 12.1 Å². The Labute approximate surface area is 86.5 Å². The van der Waals surface area contributed by atoms with Gasteiger partial charge in [-0.3, -0.25) is 0 Å². The largest absolute Gasteiger partial charge is 0.434 e. The van der Waals surface area contributed by atoms with Gasteiger partial charge in [-0.05, 0) is 13.0 Å². The highest BCUT2D eigenvalue weighted by atomic mass is 19.3. The summed E-state index contributed by atoms with van der Waals surface area (Å²) in [5.74, 6) is -0.0528. The molecular weight excluding hydrogens is 204 g/mol. The minimum absolute atomic E-state index is 0.0528. The van der Waals surface area contributed by atoms with E-state index in [9.17, 15) is 13.9 Å². The van der Waals surface area contributed by atoms with E-state index in [1.165, 1.54) is 19.1 Å². The molecule has 0 radical (unpaired) electrons.